The summed E-state index contributed by atoms with van der Waals surface area (Å²) in [6.45, 7) is 2.72. The summed E-state index contributed by atoms with van der Waals surface area (Å²) >= 11 is 5.98. The van der Waals surface area contributed by atoms with E-state index in [4.69, 9.17) is 16.3 Å². The number of esters is 1. The van der Waals surface area contributed by atoms with E-state index >= 15 is 0 Å². The molecule has 0 N–H and O–H groups in total. The smallest absolute Gasteiger partial charge is 0.328 e. The second-order valence-corrected chi connectivity index (χ2v) is 5.65. The van der Waals surface area contributed by atoms with Gasteiger partial charge in [-0.15, -0.1) is 0 Å². The van der Waals surface area contributed by atoms with Gasteiger partial charge in [-0.1, -0.05) is 11.6 Å². The molecule has 0 radical (unpaired) electrons. The lowest BCUT2D eigenvalue weighted by Gasteiger charge is -2.25. The zero-order valence-corrected chi connectivity index (χ0v) is 13.2. The third kappa shape index (κ3) is 2.66. The van der Waals surface area contributed by atoms with Crippen LogP contribution in [0.15, 0.2) is 24.4 Å². The van der Waals surface area contributed by atoms with Gasteiger partial charge in [0, 0.05) is 24.9 Å². The highest BCUT2D eigenvalue weighted by Crippen LogP contribution is 2.29. The van der Waals surface area contributed by atoms with E-state index < -0.39 is 0 Å². The molecule has 3 heterocycles. The molecule has 1 atom stereocenters. The number of carbonyl (C=O) groups is 1. The predicted molar refractivity (Wildman–Crippen MR) is 83.5 cm³/mol. The third-order valence-corrected chi connectivity index (χ3v) is 3.99. The molecule has 116 valence electrons. The SMILES string of the molecule is COC(=O)C1CCCN1c1cc(C)nn1-c1ccnc(Cl)c1. The number of halogens is 1. The maximum Gasteiger partial charge on any atom is 0.328 e. The van der Waals surface area contributed by atoms with E-state index in [2.05, 4.69) is 10.1 Å². The fourth-order valence-electron chi connectivity index (χ4n) is 2.83. The summed E-state index contributed by atoms with van der Waals surface area (Å²) in [5.41, 5.74) is 1.69. The van der Waals surface area contributed by atoms with Crippen LogP contribution >= 0.6 is 11.6 Å². The van der Waals surface area contributed by atoms with Crippen LogP contribution in [-0.4, -0.2) is 40.4 Å². The lowest BCUT2D eigenvalue weighted by Crippen LogP contribution is -2.38. The van der Waals surface area contributed by atoms with Crippen LogP contribution in [0.1, 0.15) is 18.5 Å². The first kappa shape index (κ1) is 14.8. The molecule has 22 heavy (non-hydrogen) atoms. The molecule has 0 spiro atoms. The first-order valence-electron chi connectivity index (χ1n) is 7.13. The van der Waals surface area contributed by atoms with Gasteiger partial charge in [0.05, 0.1) is 18.5 Å². The molecule has 3 rings (SSSR count). The topological polar surface area (TPSA) is 60.2 Å². The van der Waals surface area contributed by atoms with E-state index in [1.54, 1.807) is 16.9 Å². The molecule has 1 fully saturated rings. The van der Waals surface area contributed by atoms with Crippen molar-refractivity contribution in [3.05, 3.63) is 35.2 Å². The van der Waals surface area contributed by atoms with Gasteiger partial charge in [-0.3, -0.25) is 0 Å². The highest BCUT2D eigenvalue weighted by atomic mass is 35.5. The monoisotopic (exact) mass is 320 g/mol. The van der Waals surface area contributed by atoms with Crippen molar-refractivity contribution < 1.29 is 9.53 Å². The fraction of sp³-hybridized carbons (Fsp3) is 0.400. The van der Waals surface area contributed by atoms with Crippen LogP contribution in [0.25, 0.3) is 5.69 Å². The van der Waals surface area contributed by atoms with Crippen molar-refractivity contribution in [1.29, 1.82) is 0 Å². The van der Waals surface area contributed by atoms with Gasteiger partial charge in [-0.05, 0) is 25.8 Å². The third-order valence-electron chi connectivity index (χ3n) is 3.79. The maximum absolute atomic E-state index is 12.0. The molecule has 0 saturated carbocycles. The number of hydrogen-bond donors (Lipinski definition) is 0. The van der Waals surface area contributed by atoms with Gasteiger partial charge in [0.15, 0.2) is 0 Å². The van der Waals surface area contributed by atoms with Crippen LogP contribution in [-0.2, 0) is 9.53 Å². The summed E-state index contributed by atoms with van der Waals surface area (Å²) in [4.78, 5) is 18.0. The van der Waals surface area contributed by atoms with E-state index in [-0.39, 0.29) is 12.0 Å². The van der Waals surface area contributed by atoms with Crippen molar-refractivity contribution in [2.24, 2.45) is 0 Å². The number of ether oxygens (including phenoxy) is 1. The highest BCUT2D eigenvalue weighted by molar-refractivity contribution is 6.29. The Morgan fingerprint density at radius 1 is 1.45 bits per heavy atom. The summed E-state index contributed by atoms with van der Waals surface area (Å²) in [6.07, 6.45) is 3.37. The minimum absolute atomic E-state index is 0.212. The van der Waals surface area contributed by atoms with E-state index in [0.717, 1.165) is 36.6 Å². The highest BCUT2D eigenvalue weighted by Gasteiger charge is 2.33. The van der Waals surface area contributed by atoms with E-state index in [1.807, 2.05) is 24.0 Å². The Morgan fingerprint density at radius 2 is 2.27 bits per heavy atom. The van der Waals surface area contributed by atoms with Crippen molar-refractivity contribution in [3.8, 4) is 5.69 Å². The summed E-state index contributed by atoms with van der Waals surface area (Å²) in [5, 5.41) is 4.93. The zero-order valence-electron chi connectivity index (χ0n) is 12.5. The summed E-state index contributed by atoms with van der Waals surface area (Å²) in [5.74, 6) is 0.656. The van der Waals surface area contributed by atoms with Crippen LogP contribution in [0.3, 0.4) is 0 Å². The molecule has 0 aliphatic carbocycles. The average Bonchev–Trinajstić information content (AvgIpc) is 3.12. The number of methoxy groups -OCH3 is 1. The standard InChI is InChI=1S/C15H17ClN4O2/c1-10-8-14(19-7-3-4-12(19)15(21)22-2)20(18-10)11-5-6-17-13(16)9-11/h5-6,8-9,12H,3-4,7H2,1-2H3. The number of pyridine rings is 1. The molecule has 7 heteroatoms. The summed E-state index contributed by atoms with van der Waals surface area (Å²) in [6, 6.07) is 5.29. The van der Waals surface area contributed by atoms with Crippen LogP contribution in [0, 0.1) is 6.92 Å². The van der Waals surface area contributed by atoms with Crippen molar-refractivity contribution in [1.82, 2.24) is 14.8 Å². The van der Waals surface area contributed by atoms with Gasteiger partial charge in [-0.25, -0.2) is 14.5 Å². The number of anilines is 1. The van der Waals surface area contributed by atoms with Gasteiger partial charge in [0.2, 0.25) is 0 Å². The first-order valence-corrected chi connectivity index (χ1v) is 7.51. The van der Waals surface area contributed by atoms with Crippen molar-refractivity contribution in [2.45, 2.75) is 25.8 Å². The van der Waals surface area contributed by atoms with Gasteiger partial charge in [0.25, 0.3) is 0 Å². The lowest BCUT2D eigenvalue weighted by molar-refractivity contribution is -0.141. The Kier molecular flexibility index (Phi) is 4.02. The van der Waals surface area contributed by atoms with Crippen molar-refractivity contribution in [2.75, 3.05) is 18.6 Å². The van der Waals surface area contributed by atoms with Gasteiger partial charge in [0.1, 0.15) is 17.0 Å². The van der Waals surface area contributed by atoms with Crippen LogP contribution < -0.4 is 4.90 Å². The number of hydrogen-bond acceptors (Lipinski definition) is 5. The molecular formula is C15H17ClN4O2. The second-order valence-electron chi connectivity index (χ2n) is 5.27. The maximum atomic E-state index is 12.0. The van der Waals surface area contributed by atoms with Gasteiger partial charge >= 0.3 is 5.97 Å². The normalized spacial score (nSPS) is 17.8. The molecule has 6 nitrogen and oxygen atoms in total. The van der Waals surface area contributed by atoms with Crippen molar-refractivity contribution in [3.63, 3.8) is 0 Å². The van der Waals surface area contributed by atoms with E-state index in [9.17, 15) is 4.79 Å². The quantitative estimate of drug-likeness (QED) is 0.642. The molecule has 1 aliphatic heterocycles. The van der Waals surface area contributed by atoms with E-state index in [0.29, 0.717) is 5.15 Å². The Morgan fingerprint density at radius 3 is 3.00 bits per heavy atom. The van der Waals surface area contributed by atoms with Gasteiger partial charge < -0.3 is 9.64 Å². The Hall–Kier alpha value is -2.08. The average molecular weight is 321 g/mol. The van der Waals surface area contributed by atoms with Crippen LogP contribution in [0.2, 0.25) is 5.15 Å². The molecule has 2 aromatic heterocycles. The predicted octanol–water partition coefficient (Wildman–Crippen LogP) is 2.37. The first-order chi connectivity index (χ1) is 10.6. The summed E-state index contributed by atoms with van der Waals surface area (Å²) < 4.78 is 6.71. The largest absolute Gasteiger partial charge is 0.467 e. The molecule has 0 amide bonds. The Bertz CT molecular complexity index is 701. The molecule has 1 aliphatic rings. The van der Waals surface area contributed by atoms with Crippen molar-refractivity contribution >= 4 is 23.4 Å². The number of rotatable bonds is 3. The molecule has 0 bridgehead atoms. The molecule has 1 saturated heterocycles. The number of nitrogens with zero attached hydrogens (tertiary/aromatic N) is 4. The number of aromatic nitrogens is 3. The second kappa shape index (κ2) is 5.96. The van der Waals surface area contributed by atoms with Crippen LogP contribution in [0.5, 0.6) is 0 Å². The lowest BCUT2D eigenvalue weighted by atomic mass is 10.2. The minimum Gasteiger partial charge on any atom is -0.467 e. The number of aryl methyl sites for hydroxylation is 1. The summed E-state index contributed by atoms with van der Waals surface area (Å²) in [7, 11) is 1.42. The van der Waals surface area contributed by atoms with E-state index in [1.165, 1.54) is 7.11 Å². The molecule has 2 aromatic rings. The zero-order chi connectivity index (χ0) is 15.7. The minimum atomic E-state index is -0.267. The Balaban J connectivity index is 2.03. The molecular weight excluding hydrogens is 304 g/mol. The van der Waals surface area contributed by atoms with Crippen LogP contribution in [0.4, 0.5) is 5.82 Å². The molecule has 0 aromatic carbocycles. The molecule has 1 unspecified atom stereocenters. The Labute approximate surface area is 133 Å². The van der Waals surface area contributed by atoms with Gasteiger partial charge in [-0.2, -0.15) is 5.10 Å². The fourth-order valence-corrected chi connectivity index (χ4v) is 2.99. The number of carbonyl (C=O) groups excluding carboxylic acids is 1.